The predicted octanol–water partition coefficient (Wildman–Crippen LogP) is 1.58. The van der Waals surface area contributed by atoms with Crippen molar-refractivity contribution in [3.05, 3.63) is 41.9 Å². The molecule has 31 heavy (non-hydrogen) atoms. The van der Waals surface area contributed by atoms with E-state index in [0.717, 1.165) is 82.0 Å². The van der Waals surface area contributed by atoms with E-state index in [1.54, 1.807) is 6.26 Å². The molecule has 2 aliphatic rings. The average Bonchev–Trinajstić information content (AvgIpc) is 3.31. The fraction of sp³-hybridized carbons (Fsp3) is 0.591. The number of morpholine rings is 1. The maximum atomic E-state index is 5.62. The van der Waals surface area contributed by atoms with Gasteiger partial charge >= 0.3 is 0 Å². The van der Waals surface area contributed by atoms with E-state index >= 15 is 0 Å². The molecule has 2 fully saturated rings. The predicted molar refractivity (Wildman–Crippen MR) is 120 cm³/mol. The number of aromatic nitrogens is 2. The van der Waals surface area contributed by atoms with Gasteiger partial charge in [0.1, 0.15) is 12.1 Å². The molecule has 168 valence electrons. The second-order valence-electron chi connectivity index (χ2n) is 8.08. The highest BCUT2D eigenvalue weighted by molar-refractivity contribution is 5.80. The second kappa shape index (κ2) is 10.6. The molecular weight excluding hydrogens is 394 g/mol. The first-order valence-corrected chi connectivity index (χ1v) is 11.2. The van der Waals surface area contributed by atoms with Gasteiger partial charge in [-0.25, -0.2) is 9.98 Å². The van der Waals surface area contributed by atoms with Crippen molar-refractivity contribution in [1.82, 2.24) is 25.3 Å². The van der Waals surface area contributed by atoms with Crippen LogP contribution in [-0.4, -0.2) is 84.4 Å². The number of anilines is 1. The van der Waals surface area contributed by atoms with Gasteiger partial charge in [0.25, 0.3) is 0 Å². The van der Waals surface area contributed by atoms with Crippen LogP contribution in [0.3, 0.4) is 0 Å². The summed E-state index contributed by atoms with van der Waals surface area (Å²) in [7, 11) is 0. The van der Waals surface area contributed by atoms with Crippen molar-refractivity contribution in [2.24, 2.45) is 4.99 Å². The Labute approximate surface area is 184 Å². The van der Waals surface area contributed by atoms with Crippen LogP contribution in [-0.2, 0) is 17.8 Å². The summed E-state index contributed by atoms with van der Waals surface area (Å²) in [6, 6.07) is 6.15. The van der Waals surface area contributed by atoms with E-state index in [2.05, 4.69) is 56.1 Å². The van der Waals surface area contributed by atoms with E-state index in [0.29, 0.717) is 6.54 Å². The number of guanidine groups is 1. The Hall–Kier alpha value is -2.65. The van der Waals surface area contributed by atoms with Crippen molar-refractivity contribution in [2.45, 2.75) is 33.0 Å². The normalized spacial score (nSPS) is 20.8. The zero-order valence-electron chi connectivity index (χ0n) is 18.5. The minimum Gasteiger partial charge on any atom is -0.375 e. The lowest BCUT2D eigenvalue weighted by Crippen LogP contribution is -2.52. The third kappa shape index (κ3) is 5.95. The van der Waals surface area contributed by atoms with Crippen molar-refractivity contribution < 1.29 is 9.26 Å². The molecule has 0 radical (unpaired) electrons. The molecular formula is C22H33N7O2. The topological polar surface area (TPSA) is 82.3 Å². The Bertz CT molecular complexity index is 817. The molecule has 4 heterocycles. The highest BCUT2D eigenvalue weighted by Crippen LogP contribution is 2.16. The highest BCUT2D eigenvalue weighted by atomic mass is 16.5. The standard InChI is InChI=1S/C22H33N7O2/c1-3-23-22(28-9-7-27(8-10-28)17-20-6-12-31-26-20)25-15-19-4-5-21(24-14-19)29-11-13-30-18(2)16-29/h4-6,12,14,18H,3,7-11,13,15-17H2,1-2H3,(H,23,25). The van der Waals surface area contributed by atoms with E-state index in [-0.39, 0.29) is 6.10 Å². The molecule has 4 rings (SSSR count). The molecule has 2 saturated heterocycles. The van der Waals surface area contributed by atoms with Crippen LogP contribution >= 0.6 is 0 Å². The lowest BCUT2D eigenvalue weighted by Gasteiger charge is -2.36. The molecule has 0 spiro atoms. The van der Waals surface area contributed by atoms with Gasteiger partial charge in [0, 0.05) is 64.6 Å². The summed E-state index contributed by atoms with van der Waals surface area (Å²) in [4.78, 5) is 16.6. The van der Waals surface area contributed by atoms with Gasteiger partial charge in [-0.3, -0.25) is 4.90 Å². The van der Waals surface area contributed by atoms with E-state index in [9.17, 15) is 0 Å². The quantitative estimate of drug-likeness (QED) is 0.550. The minimum absolute atomic E-state index is 0.249. The first-order chi connectivity index (χ1) is 15.2. The number of hydrogen-bond donors (Lipinski definition) is 1. The van der Waals surface area contributed by atoms with Crippen LogP contribution in [0.2, 0.25) is 0 Å². The zero-order valence-corrected chi connectivity index (χ0v) is 18.5. The van der Waals surface area contributed by atoms with Crippen molar-refractivity contribution in [1.29, 1.82) is 0 Å². The van der Waals surface area contributed by atoms with Crippen molar-refractivity contribution in [2.75, 3.05) is 57.3 Å². The summed E-state index contributed by atoms with van der Waals surface area (Å²) >= 11 is 0. The van der Waals surface area contributed by atoms with Gasteiger partial charge in [-0.05, 0) is 25.5 Å². The Balaban J connectivity index is 1.31. The summed E-state index contributed by atoms with van der Waals surface area (Å²) in [5.74, 6) is 1.98. The number of ether oxygens (including phenoxy) is 1. The maximum absolute atomic E-state index is 5.62. The van der Waals surface area contributed by atoms with Crippen LogP contribution in [0.25, 0.3) is 0 Å². The molecule has 0 saturated carbocycles. The lowest BCUT2D eigenvalue weighted by molar-refractivity contribution is 0.0529. The van der Waals surface area contributed by atoms with Gasteiger partial charge < -0.3 is 24.4 Å². The first-order valence-electron chi connectivity index (χ1n) is 11.2. The monoisotopic (exact) mass is 427 g/mol. The molecule has 1 unspecified atom stereocenters. The van der Waals surface area contributed by atoms with Crippen LogP contribution in [0.1, 0.15) is 25.1 Å². The maximum Gasteiger partial charge on any atom is 0.194 e. The molecule has 2 aliphatic heterocycles. The number of hydrogen-bond acceptors (Lipinski definition) is 7. The van der Waals surface area contributed by atoms with Gasteiger partial charge in [-0.15, -0.1) is 0 Å². The number of nitrogens with zero attached hydrogens (tertiary/aromatic N) is 6. The lowest BCUT2D eigenvalue weighted by atomic mass is 10.2. The smallest absolute Gasteiger partial charge is 0.194 e. The van der Waals surface area contributed by atoms with Crippen LogP contribution < -0.4 is 10.2 Å². The van der Waals surface area contributed by atoms with Crippen molar-refractivity contribution >= 4 is 11.8 Å². The van der Waals surface area contributed by atoms with E-state index in [1.165, 1.54) is 0 Å². The molecule has 0 aromatic carbocycles. The van der Waals surface area contributed by atoms with E-state index < -0.39 is 0 Å². The van der Waals surface area contributed by atoms with Gasteiger partial charge in [-0.1, -0.05) is 11.2 Å². The second-order valence-corrected chi connectivity index (χ2v) is 8.08. The zero-order chi connectivity index (χ0) is 21.5. The Kier molecular flexibility index (Phi) is 7.37. The van der Waals surface area contributed by atoms with Gasteiger partial charge in [0.05, 0.1) is 24.9 Å². The third-order valence-electron chi connectivity index (χ3n) is 5.67. The minimum atomic E-state index is 0.249. The molecule has 9 heteroatoms. The number of aliphatic imine (C=N–C) groups is 1. The summed E-state index contributed by atoms with van der Waals surface area (Å²) < 4.78 is 10.6. The van der Waals surface area contributed by atoms with Crippen molar-refractivity contribution in [3.63, 3.8) is 0 Å². The number of pyridine rings is 1. The number of nitrogens with one attached hydrogen (secondary N) is 1. The van der Waals surface area contributed by atoms with E-state index in [1.807, 2.05) is 12.3 Å². The summed E-state index contributed by atoms with van der Waals surface area (Å²) in [5, 5.41) is 7.45. The summed E-state index contributed by atoms with van der Waals surface area (Å²) in [5.41, 5.74) is 2.10. The molecule has 1 atom stereocenters. The van der Waals surface area contributed by atoms with Crippen LogP contribution in [0, 0.1) is 0 Å². The molecule has 0 amide bonds. The molecule has 1 N–H and O–H groups in total. The first kappa shape index (κ1) is 21.6. The van der Waals surface area contributed by atoms with Gasteiger partial charge in [0.2, 0.25) is 0 Å². The summed E-state index contributed by atoms with van der Waals surface area (Å²) in [6.07, 6.45) is 3.82. The van der Waals surface area contributed by atoms with Gasteiger partial charge in [0.15, 0.2) is 5.96 Å². The Morgan fingerprint density at radius 1 is 1.19 bits per heavy atom. The highest BCUT2D eigenvalue weighted by Gasteiger charge is 2.20. The largest absolute Gasteiger partial charge is 0.375 e. The molecule has 9 nitrogen and oxygen atoms in total. The fourth-order valence-corrected chi connectivity index (χ4v) is 3.98. The third-order valence-corrected chi connectivity index (χ3v) is 5.67. The van der Waals surface area contributed by atoms with Crippen LogP contribution in [0.4, 0.5) is 5.82 Å². The molecule has 0 bridgehead atoms. The Morgan fingerprint density at radius 2 is 2.06 bits per heavy atom. The molecule has 2 aromatic rings. The van der Waals surface area contributed by atoms with Gasteiger partial charge in [-0.2, -0.15) is 0 Å². The molecule has 2 aromatic heterocycles. The number of rotatable bonds is 6. The number of piperazine rings is 1. The summed E-state index contributed by atoms with van der Waals surface area (Å²) in [6.45, 7) is 12.9. The van der Waals surface area contributed by atoms with E-state index in [4.69, 9.17) is 14.3 Å². The fourth-order valence-electron chi connectivity index (χ4n) is 3.98. The van der Waals surface area contributed by atoms with Crippen molar-refractivity contribution in [3.8, 4) is 0 Å². The Morgan fingerprint density at radius 3 is 2.74 bits per heavy atom. The molecule has 0 aliphatic carbocycles. The van der Waals surface area contributed by atoms with Crippen LogP contribution in [0.15, 0.2) is 40.2 Å². The average molecular weight is 428 g/mol. The van der Waals surface area contributed by atoms with Crippen LogP contribution in [0.5, 0.6) is 0 Å². The SMILES string of the molecule is CCNC(=NCc1ccc(N2CCOC(C)C2)nc1)N1CCN(Cc2ccon2)CC1.